The van der Waals surface area contributed by atoms with E-state index in [0.717, 1.165) is 36.3 Å². The Balaban J connectivity index is 1.66. The molecule has 21 heavy (non-hydrogen) atoms. The lowest BCUT2D eigenvalue weighted by molar-refractivity contribution is 0.568. The van der Waals surface area contributed by atoms with Crippen molar-refractivity contribution < 1.29 is 4.42 Å². The monoisotopic (exact) mass is 283 g/mol. The average Bonchev–Trinajstić information content (AvgIpc) is 3.18. The lowest BCUT2D eigenvalue weighted by Gasteiger charge is -2.05. The highest BCUT2D eigenvalue weighted by Crippen LogP contribution is 2.20. The van der Waals surface area contributed by atoms with E-state index in [9.17, 15) is 0 Å². The Morgan fingerprint density at radius 1 is 1.33 bits per heavy atom. The molecule has 108 valence electrons. The van der Waals surface area contributed by atoms with Crippen LogP contribution in [0.15, 0.2) is 47.5 Å². The molecule has 6 heteroatoms. The van der Waals surface area contributed by atoms with Crippen LogP contribution in [0.3, 0.4) is 0 Å². The Hall–Kier alpha value is -2.63. The lowest BCUT2D eigenvalue weighted by atomic mass is 10.2. The van der Waals surface area contributed by atoms with Crippen LogP contribution in [0, 0.1) is 0 Å². The van der Waals surface area contributed by atoms with E-state index in [-0.39, 0.29) is 0 Å². The van der Waals surface area contributed by atoms with Gasteiger partial charge in [-0.2, -0.15) is 5.10 Å². The minimum absolute atomic E-state index is 0.523. The number of hydrogen-bond donors (Lipinski definition) is 1. The van der Waals surface area contributed by atoms with Crippen molar-refractivity contribution >= 4 is 5.69 Å². The molecule has 0 bridgehead atoms. The highest BCUT2D eigenvalue weighted by molar-refractivity contribution is 5.60. The largest absolute Gasteiger partial charge is 0.423 e. The number of benzene rings is 1. The summed E-state index contributed by atoms with van der Waals surface area (Å²) in [5, 5.41) is 15.3. The molecule has 2 aromatic heterocycles. The Labute approximate surface area is 122 Å². The first-order valence-corrected chi connectivity index (χ1v) is 6.97. The van der Waals surface area contributed by atoms with Gasteiger partial charge in [0.2, 0.25) is 12.3 Å². The molecule has 6 nitrogen and oxygen atoms in total. The molecule has 1 N–H and O–H groups in total. The van der Waals surface area contributed by atoms with Gasteiger partial charge in [-0.3, -0.25) is 4.68 Å². The summed E-state index contributed by atoms with van der Waals surface area (Å²) in [5.41, 5.74) is 3.07. The third-order valence-electron chi connectivity index (χ3n) is 3.11. The van der Waals surface area contributed by atoms with Crippen molar-refractivity contribution in [1.82, 2.24) is 20.0 Å². The summed E-state index contributed by atoms with van der Waals surface area (Å²) in [6, 6.07) is 7.90. The minimum atomic E-state index is 0.523. The highest BCUT2D eigenvalue weighted by atomic mass is 16.4. The Bertz CT molecular complexity index is 690. The summed E-state index contributed by atoms with van der Waals surface area (Å²) < 4.78 is 7.17. The van der Waals surface area contributed by atoms with Crippen molar-refractivity contribution in [2.45, 2.75) is 26.4 Å². The van der Waals surface area contributed by atoms with E-state index in [2.05, 4.69) is 33.7 Å². The molecule has 3 aromatic rings. The van der Waals surface area contributed by atoms with Crippen molar-refractivity contribution in [3.63, 3.8) is 0 Å². The van der Waals surface area contributed by atoms with E-state index in [1.807, 2.05) is 35.1 Å². The van der Waals surface area contributed by atoms with Crippen LogP contribution in [0.4, 0.5) is 5.69 Å². The molecule has 0 aliphatic carbocycles. The van der Waals surface area contributed by atoms with Crippen LogP contribution in [0.25, 0.3) is 11.5 Å². The van der Waals surface area contributed by atoms with Crippen molar-refractivity contribution in [3.8, 4) is 11.5 Å². The summed E-state index contributed by atoms with van der Waals surface area (Å²) in [7, 11) is 0. The number of nitrogens with zero attached hydrogens (tertiary/aromatic N) is 4. The van der Waals surface area contributed by atoms with Crippen molar-refractivity contribution in [2.24, 2.45) is 0 Å². The van der Waals surface area contributed by atoms with Crippen LogP contribution in [0.1, 0.15) is 18.9 Å². The van der Waals surface area contributed by atoms with Gasteiger partial charge in [-0.15, -0.1) is 10.2 Å². The number of aryl methyl sites for hydroxylation is 1. The maximum atomic E-state index is 5.20. The second-order valence-electron chi connectivity index (χ2n) is 4.79. The molecule has 0 spiro atoms. The fraction of sp³-hybridized carbons (Fsp3) is 0.267. The first-order chi connectivity index (χ1) is 10.3. The van der Waals surface area contributed by atoms with Gasteiger partial charge in [-0.05, 0) is 24.6 Å². The highest BCUT2D eigenvalue weighted by Gasteiger charge is 2.04. The van der Waals surface area contributed by atoms with Gasteiger partial charge in [-0.25, -0.2) is 0 Å². The quantitative estimate of drug-likeness (QED) is 0.753. The van der Waals surface area contributed by atoms with Crippen LogP contribution >= 0.6 is 0 Å². The number of nitrogens with one attached hydrogen (secondary N) is 1. The van der Waals surface area contributed by atoms with Crippen LogP contribution < -0.4 is 5.32 Å². The van der Waals surface area contributed by atoms with Gasteiger partial charge < -0.3 is 9.73 Å². The fourth-order valence-corrected chi connectivity index (χ4v) is 2.11. The second-order valence-corrected chi connectivity index (χ2v) is 4.79. The number of rotatable bonds is 6. The van der Waals surface area contributed by atoms with E-state index >= 15 is 0 Å². The average molecular weight is 283 g/mol. The van der Waals surface area contributed by atoms with Crippen molar-refractivity contribution in [1.29, 1.82) is 0 Å². The zero-order valence-electron chi connectivity index (χ0n) is 11.9. The van der Waals surface area contributed by atoms with Crippen LogP contribution in [-0.4, -0.2) is 20.0 Å². The molecular weight excluding hydrogens is 266 g/mol. The van der Waals surface area contributed by atoms with E-state index in [0.29, 0.717) is 5.89 Å². The van der Waals surface area contributed by atoms with Gasteiger partial charge in [0.15, 0.2) is 0 Å². The SMILES string of the molecule is CCCn1cc(CNc2cccc(-c3nnco3)c2)cn1. The summed E-state index contributed by atoms with van der Waals surface area (Å²) in [5.74, 6) is 0.523. The zero-order valence-corrected chi connectivity index (χ0v) is 11.9. The van der Waals surface area contributed by atoms with Gasteiger partial charge in [0, 0.05) is 36.1 Å². The molecule has 0 saturated heterocycles. The van der Waals surface area contributed by atoms with Crippen LogP contribution in [0.5, 0.6) is 0 Å². The topological polar surface area (TPSA) is 68.8 Å². The number of anilines is 1. The van der Waals surface area contributed by atoms with E-state index in [1.54, 1.807) is 0 Å². The normalized spacial score (nSPS) is 10.7. The van der Waals surface area contributed by atoms with E-state index in [1.165, 1.54) is 6.39 Å². The van der Waals surface area contributed by atoms with Gasteiger partial charge in [-0.1, -0.05) is 13.0 Å². The number of aromatic nitrogens is 4. The summed E-state index contributed by atoms with van der Waals surface area (Å²) in [6.07, 6.45) is 6.38. The molecule has 0 atom stereocenters. The summed E-state index contributed by atoms with van der Waals surface area (Å²) >= 11 is 0. The van der Waals surface area contributed by atoms with Crippen molar-refractivity contribution in [2.75, 3.05) is 5.32 Å². The van der Waals surface area contributed by atoms with Gasteiger partial charge in [0.25, 0.3) is 0 Å². The molecular formula is C15H17N5O. The molecule has 0 saturated carbocycles. The zero-order chi connectivity index (χ0) is 14.5. The van der Waals surface area contributed by atoms with Crippen LogP contribution in [0.2, 0.25) is 0 Å². The van der Waals surface area contributed by atoms with Crippen molar-refractivity contribution in [3.05, 3.63) is 48.6 Å². The number of hydrogen-bond acceptors (Lipinski definition) is 5. The van der Waals surface area contributed by atoms with E-state index in [4.69, 9.17) is 4.42 Å². The van der Waals surface area contributed by atoms with Crippen LogP contribution in [-0.2, 0) is 13.1 Å². The maximum Gasteiger partial charge on any atom is 0.247 e. The molecule has 0 amide bonds. The Morgan fingerprint density at radius 2 is 2.29 bits per heavy atom. The summed E-state index contributed by atoms with van der Waals surface area (Å²) in [6.45, 7) is 3.83. The standard InChI is InChI=1S/C15H17N5O/c1-2-6-20-10-12(9-18-20)8-16-14-5-3-4-13(7-14)15-19-17-11-21-15/h3-5,7,9-11,16H,2,6,8H2,1H3. The predicted molar refractivity (Wildman–Crippen MR) is 79.6 cm³/mol. The molecule has 0 radical (unpaired) electrons. The molecule has 2 heterocycles. The fourth-order valence-electron chi connectivity index (χ4n) is 2.11. The molecule has 0 aliphatic heterocycles. The molecule has 0 unspecified atom stereocenters. The van der Waals surface area contributed by atoms with E-state index < -0.39 is 0 Å². The minimum Gasteiger partial charge on any atom is -0.423 e. The third-order valence-corrected chi connectivity index (χ3v) is 3.11. The molecule has 0 fully saturated rings. The molecule has 3 rings (SSSR count). The lowest BCUT2D eigenvalue weighted by Crippen LogP contribution is -1.99. The first-order valence-electron chi connectivity index (χ1n) is 6.97. The first kappa shape index (κ1) is 13.4. The maximum absolute atomic E-state index is 5.20. The third kappa shape index (κ3) is 3.28. The van der Waals surface area contributed by atoms with Gasteiger partial charge >= 0.3 is 0 Å². The van der Waals surface area contributed by atoms with Gasteiger partial charge in [0.1, 0.15) is 0 Å². The predicted octanol–water partition coefficient (Wildman–Crippen LogP) is 2.96. The van der Waals surface area contributed by atoms with Gasteiger partial charge in [0.05, 0.1) is 6.20 Å². The summed E-state index contributed by atoms with van der Waals surface area (Å²) in [4.78, 5) is 0. The second kappa shape index (κ2) is 6.21. The molecule has 0 aliphatic rings. The Kier molecular flexibility index (Phi) is 3.95. The molecule has 1 aromatic carbocycles. The smallest absolute Gasteiger partial charge is 0.247 e. The Morgan fingerprint density at radius 3 is 3.10 bits per heavy atom.